The van der Waals surface area contributed by atoms with E-state index in [0.29, 0.717) is 49.6 Å². The molecule has 17 nitrogen and oxygen atoms in total. The monoisotopic (exact) mass is 839 g/mol. The average Bonchev–Trinajstić information content (AvgIpc) is 3.83. The summed E-state index contributed by atoms with van der Waals surface area (Å²) in [5.74, 6) is -2.61. The minimum Gasteiger partial charge on any atom is -0.475 e. The summed E-state index contributed by atoms with van der Waals surface area (Å²) in [5.41, 5.74) is 4.19. The van der Waals surface area contributed by atoms with Crippen LogP contribution in [-0.2, 0) is 13.0 Å². The van der Waals surface area contributed by atoms with E-state index in [1.165, 1.54) is 14.0 Å². The number of halogens is 3. The lowest BCUT2D eigenvalue weighted by Crippen LogP contribution is -2.15. The zero-order valence-electron chi connectivity index (χ0n) is 32.0. The molecular weight excluding hydrogens is 801 g/mol. The van der Waals surface area contributed by atoms with Crippen LogP contribution in [0.1, 0.15) is 60.5 Å². The molecule has 57 heavy (non-hydrogen) atoms. The van der Waals surface area contributed by atoms with Gasteiger partial charge in [-0.3, -0.25) is 0 Å². The van der Waals surface area contributed by atoms with E-state index >= 15 is 0 Å². The zero-order valence-corrected chi connectivity index (χ0v) is 34.3. The molecule has 0 unspecified atom stereocenters. The Kier molecular flexibility index (Phi) is 15.0. The highest BCUT2D eigenvalue weighted by Gasteiger charge is 2.17. The average molecular weight is 841 g/mol. The Morgan fingerprint density at radius 3 is 1.35 bits per heavy atom. The van der Waals surface area contributed by atoms with E-state index < -0.39 is 17.9 Å². The molecule has 0 aliphatic rings. The first-order valence-electron chi connectivity index (χ1n) is 17.0. The molecule has 6 aromatic rings. The van der Waals surface area contributed by atoms with Crippen molar-refractivity contribution in [1.29, 1.82) is 0 Å². The van der Waals surface area contributed by atoms with Crippen molar-refractivity contribution in [2.24, 2.45) is 0 Å². The molecule has 6 rings (SSSR count). The summed E-state index contributed by atoms with van der Waals surface area (Å²) in [6.07, 6.45) is 0.847. The van der Waals surface area contributed by atoms with Crippen LogP contribution in [0.4, 0.5) is 0 Å². The van der Waals surface area contributed by atoms with Gasteiger partial charge in [-0.2, -0.15) is 0 Å². The molecule has 0 bridgehead atoms. The highest BCUT2D eigenvalue weighted by Crippen LogP contribution is 2.22. The highest BCUT2D eigenvalue weighted by atomic mass is 35.5. The van der Waals surface area contributed by atoms with Crippen molar-refractivity contribution in [3.05, 3.63) is 122 Å². The van der Waals surface area contributed by atoms with Gasteiger partial charge in [-0.25, -0.2) is 43.4 Å². The lowest BCUT2D eigenvalue weighted by atomic mass is 10.1. The molecule has 0 radical (unpaired) electrons. The van der Waals surface area contributed by atoms with Crippen LogP contribution in [0.5, 0.6) is 0 Å². The molecule has 300 valence electrons. The second-order valence-electron chi connectivity index (χ2n) is 13.0. The SMILES string of the molecule is Cc1nc(C(=O)O)nn1-c1cc(Cl)cc(CCN(C)C)c1.Cc1nc(C(=O)O)nn1-c1cc(Cl)cc(CN(C)C)c1.Cc1nc(C(=O)O)nn1-c1cccc(Cl)c1. The quantitative estimate of drug-likeness (QED) is 0.138. The van der Waals surface area contributed by atoms with Crippen molar-refractivity contribution in [2.75, 3.05) is 34.7 Å². The number of carboxylic acid groups (broad SMARTS) is 3. The Bertz CT molecular complexity index is 2390. The second kappa shape index (κ2) is 19.4. The molecule has 0 fully saturated rings. The smallest absolute Gasteiger partial charge is 0.375 e. The Morgan fingerprint density at radius 1 is 0.561 bits per heavy atom. The summed E-state index contributed by atoms with van der Waals surface area (Å²) in [5, 5.41) is 40.2. The van der Waals surface area contributed by atoms with Crippen LogP contribution in [0.25, 0.3) is 17.1 Å². The first kappa shape index (κ1) is 44.0. The van der Waals surface area contributed by atoms with Crippen LogP contribution in [-0.4, -0.2) is 122 Å². The minimum absolute atomic E-state index is 0.220. The Balaban J connectivity index is 0.000000191. The van der Waals surface area contributed by atoms with Crippen LogP contribution in [0, 0.1) is 20.8 Å². The van der Waals surface area contributed by atoms with Crippen LogP contribution >= 0.6 is 34.8 Å². The molecule has 20 heteroatoms. The number of carbonyl (C=O) groups is 3. The van der Waals surface area contributed by atoms with E-state index in [1.807, 2.05) is 57.4 Å². The Hall–Kier alpha value is -5.72. The third-order valence-electron chi connectivity index (χ3n) is 7.65. The minimum atomic E-state index is -1.15. The molecule has 3 heterocycles. The summed E-state index contributed by atoms with van der Waals surface area (Å²) in [6.45, 7) is 6.72. The summed E-state index contributed by atoms with van der Waals surface area (Å²) >= 11 is 18.1. The van der Waals surface area contributed by atoms with Crippen LogP contribution in [0.2, 0.25) is 15.1 Å². The number of aromatic nitrogens is 9. The van der Waals surface area contributed by atoms with Gasteiger partial charge in [0.15, 0.2) is 0 Å². The second-order valence-corrected chi connectivity index (χ2v) is 14.3. The van der Waals surface area contributed by atoms with Gasteiger partial charge >= 0.3 is 17.9 Å². The molecule has 0 saturated carbocycles. The van der Waals surface area contributed by atoms with Crippen LogP contribution in [0.15, 0.2) is 60.7 Å². The number of carboxylic acids is 3. The highest BCUT2D eigenvalue weighted by molar-refractivity contribution is 6.31. The van der Waals surface area contributed by atoms with Crippen molar-refractivity contribution in [2.45, 2.75) is 33.7 Å². The van der Waals surface area contributed by atoms with E-state index in [0.717, 1.165) is 30.6 Å². The van der Waals surface area contributed by atoms with Crippen LogP contribution in [0.3, 0.4) is 0 Å². The molecule has 0 aliphatic heterocycles. The van der Waals surface area contributed by atoms with Gasteiger partial charge in [-0.05, 0) is 121 Å². The largest absolute Gasteiger partial charge is 0.475 e. The van der Waals surface area contributed by atoms with Gasteiger partial charge in [-0.1, -0.05) is 40.9 Å². The summed E-state index contributed by atoms with van der Waals surface area (Å²) in [7, 11) is 7.94. The summed E-state index contributed by atoms with van der Waals surface area (Å²) in [4.78, 5) is 48.3. The fourth-order valence-electron chi connectivity index (χ4n) is 5.25. The lowest BCUT2D eigenvalue weighted by molar-refractivity contribution is 0.0673. The van der Waals surface area contributed by atoms with Gasteiger partial charge in [0, 0.05) is 28.2 Å². The van der Waals surface area contributed by atoms with Gasteiger partial charge in [0.05, 0.1) is 17.1 Å². The van der Waals surface area contributed by atoms with E-state index in [-0.39, 0.29) is 17.5 Å². The third kappa shape index (κ3) is 12.4. The molecule has 3 aromatic carbocycles. The van der Waals surface area contributed by atoms with Crippen molar-refractivity contribution < 1.29 is 29.7 Å². The van der Waals surface area contributed by atoms with E-state index in [1.54, 1.807) is 57.2 Å². The maximum absolute atomic E-state index is 10.9. The normalized spacial score (nSPS) is 10.9. The number of benzene rings is 3. The van der Waals surface area contributed by atoms with E-state index in [2.05, 4.69) is 35.1 Å². The standard InChI is InChI=1S/C14H17ClN4O2.C13H15ClN4O2.C10H8ClN3O2/c1-9-16-13(14(20)21)17-19(9)12-7-10(4-5-18(2)3)6-11(15)8-12;1-8-15-12(13(19)20)16-18(8)11-5-9(7-17(2)3)4-10(14)6-11;1-6-12-9(10(15)16)13-14(6)8-4-2-3-7(11)5-8/h6-8H,4-5H2,1-3H3,(H,20,21);4-6H,7H2,1-3H3,(H,19,20);2-5H,1H3,(H,15,16). The number of nitrogens with zero attached hydrogens (tertiary/aromatic N) is 11. The first-order chi connectivity index (χ1) is 26.8. The molecule has 0 atom stereocenters. The molecule has 0 aliphatic carbocycles. The predicted molar refractivity (Wildman–Crippen MR) is 214 cm³/mol. The number of rotatable bonds is 11. The third-order valence-corrected chi connectivity index (χ3v) is 8.33. The van der Waals surface area contributed by atoms with E-state index in [4.69, 9.17) is 50.1 Å². The summed E-state index contributed by atoms with van der Waals surface area (Å²) < 4.78 is 4.42. The topological polar surface area (TPSA) is 211 Å². The number of hydrogen-bond donors (Lipinski definition) is 3. The fraction of sp³-hybridized carbons (Fsp3) is 0.270. The van der Waals surface area contributed by atoms with Crippen molar-refractivity contribution in [3.63, 3.8) is 0 Å². The van der Waals surface area contributed by atoms with Crippen LogP contribution < -0.4 is 0 Å². The fourth-order valence-corrected chi connectivity index (χ4v) is 5.94. The molecule has 3 aromatic heterocycles. The van der Waals surface area contributed by atoms with Gasteiger partial charge in [-0.15, -0.1) is 15.3 Å². The predicted octanol–water partition coefficient (Wildman–Crippen LogP) is 5.95. The van der Waals surface area contributed by atoms with Crippen molar-refractivity contribution >= 4 is 52.7 Å². The number of aryl methyl sites for hydroxylation is 3. The molecule has 0 saturated heterocycles. The van der Waals surface area contributed by atoms with Gasteiger partial charge in [0.2, 0.25) is 0 Å². The lowest BCUT2D eigenvalue weighted by Gasteiger charge is -2.12. The van der Waals surface area contributed by atoms with Gasteiger partial charge in [0.25, 0.3) is 17.5 Å². The van der Waals surface area contributed by atoms with E-state index in [9.17, 15) is 14.4 Å². The molecule has 3 N–H and O–H groups in total. The number of aromatic carboxylic acids is 3. The summed E-state index contributed by atoms with van der Waals surface area (Å²) in [6, 6.07) is 18.1. The number of likely N-dealkylation sites (N-methyl/N-ethyl adjacent to an activating group) is 1. The molecule has 0 amide bonds. The number of hydrogen-bond acceptors (Lipinski definition) is 11. The van der Waals surface area contributed by atoms with Crippen molar-refractivity contribution in [3.8, 4) is 17.1 Å². The molecule has 0 spiro atoms. The van der Waals surface area contributed by atoms with Gasteiger partial charge < -0.3 is 25.1 Å². The Labute approximate surface area is 342 Å². The maximum atomic E-state index is 10.9. The maximum Gasteiger partial charge on any atom is 0.375 e. The Morgan fingerprint density at radius 2 is 0.965 bits per heavy atom. The molecular formula is C37H40Cl3N11O6. The first-order valence-corrected chi connectivity index (χ1v) is 18.1. The zero-order chi connectivity index (χ0) is 42.1. The van der Waals surface area contributed by atoms with Gasteiger partial charge in [0.1, 0.15) is 17.5 Å². The van der Waals surface area contributed by atoms with Crippen molar-refractivity contribution in [1.82, 2.24) is 54.1 Å².